The van der Waals surface area contributed by atoms with Gasteiger partial charge in [-0.25, -0.2) is 0 Å². The lowest BCUT2D eigenvalue weighted by Crippen LogP contribution is -2.36. The molecule has 2 aromatic carbocycles. The summed E-state index contributed by atoms with van der Waals surface area (Å²) < 4.78 is 5.35. The molecule has 136 valence electrons. The zero-order valence-electron chi connectivity index (χ0n) is 14.4. The number of nitrogens with one attached hydrogen (secondary N) is 2. The summed E-state index contributed by atoms with van der Waals surface area (Å²) in [4.78, 5) is 25.4. The number of carbonyl (C=O) groups is 2. The lowest BCUT2D eigenvalue weighted by atomic mass is 10.2. The van der Waals surface area contributed by atoms with E-state index in [9.17, 15) is 9.59 Å². The third-order valence-corrected chi connectivity index (χ3v) is 4.15. The Morgan fingerprint density at radius 1 is 0.962 bits per heavy atom. The second-order valence-electron chi connectivity index (χ2n) is 5.99. The van der Waals surface area contributed by atoms with Crippen molar-refractivity contribution in [2.45, 2.75) is 0 Å². The zero-order chi connectivity index (χ0) is 18.4. The van der Waals surface area contributed by atoms with E-state index < -0.39 is 5.91 Å². The molecule has 1 aliphatic rings. The third kappa shape index (κ3) is 4.73. The second kappa shape index (κ2) is 8.35. The molecule has 2 amide bonds. The number of benzene rings is 2. The van der Waals surface area contributed by atoms with Crippen LogP contribution in [0.15, 0.2) is 48.5 Å². The molecule has 0 atom stereocenters. The molecule has 0 bridgehead atoms. The topological polar surface area (TPSA) is 96.7 Å². The average molecular weight is 354 g/mol. The van der Waals surface area contributed by atoms with Crippen molar-refractivity contribution in [1.82, 2.24) is 0 Å². The lowest BCUT2D eigenvalue weighted by molar-refractivity contribution is -0.114. The molecule has 2 aromatic rings. The number of anilines is 3. The zero-order valence-corrected chi connectivity index (χ0v) is 14.4. The number of carbonyl (C=O) groups excluding carboxylic acids is 2. The standard InChI is InChI=1S/C19H22N4O3/c20-19(25)14-1-3-15(4-2-14)21-13-18(24)22-16-5-7-17(8-6-16)23-9-11-26-12-10-23/h1-8,21H,9-13H2,(H2,20,25)(H,22,24). The van der Waals surface area contributed by atoms with Crippen molar-refractivity contribution in [3.8, 4) is 0 Å². The maximum atomic E-state index is 12.1. The quantitative estimate of drug-likeness (QED) is 0.733. The van der Waals surface area contributed by atoms with E-state index >= 15 is 0 Å². The number of primary amides is 1. The van der Waals surface area contributed by atoms with Gasteiger partial charge in [0.15, 0.2) is 0 Å². The summed E-state index contributed by atoms with van der Waals surface area (Å²) in [5.74, 6) is -0.627. The van der Waals surface area contributed by atoms with E-state index in [2.05, 4.69) is 15.5 Å². The first kappa shape index (κ1) is 17.8. The lowest BCUT2D eigenvalue weighted by Gasteiger charge is -2.28. The molecule has 0 radical (unpaired) electrons. The van der Waals surface area contributed by atoms with Crippen molar-refractivity contribution in [2.24, 2.45) is 5.73 Å². The summed E-state index contributed by atoms with van der Waals surface area (Å²) in [6.45, 7) is 3.37. The summed E-state index contributed by atoms with van der Waals surface area (Å²) in [5.41, 5.74) is 8.24. The van der Waals surface area contributed by atoms with Gasteiger partial charge in [-0.3, -0.25) is 9.59 Å². The van der Waals surface area contributed by atoms with Gasteiger partial charge in [0.1, 0.15) is 0 Å². The van der Waals surface area contributed by atoms with Crippen molar-refractivity contribution in [1.29, 1.82) is 0 Å². The Morgan fingerprint density at radius 2 is 1.58 bits per heavy atom. The Kier molecular flexibility index (Phi) is 5.70. The van der Waals surface area contributed by atoms with Crippen LogP contribution in [0.4, 0.5) is 17.1 Å². The number of nitrogens with zero attached hydrogens (tertiary/aromatic N) is 1. The molecule has 7 nitrogen and oxygen atoms in total. The predicted molar refractivity (Wildman–Crippen MR) is 102 cm³/mol. The van der Waals surface area contributed by atoms with Gasteiger partial charge in [0, 0.05) is 35.7 Å². The van der Waals surface area contributed by atoms with E-state index in [1.54, 1.807) is 24.3 Å². The fourth-order valence-corrected chi connectivity index (χ4v) is 2.72. The van der Waals surface area contributed by atoms with Crippen LogP contribution >= 0.6 is 0 Å². The summed E-state index contributed by atoms with van der Waals surface area (Å²) in [5, 5.41) is 5.86. The van der Waals surface area contributed by atoms with Crippen molar-refractivity contribution >= 4 is 28.9 Å². The first-order valence-electron chi connectivity index (χ1n) is 8.48. The van der Waals surface area contributed by atoms with Gasteiger partial charge in [-0.1, -0.05) is 0 Å². The van der Waals surface area contributed by atoms with Crippen LogP contribution in [0.1, 0.15) is 10.4 Å². The maximum Gasteiger partial charge on any atom is 0.248 e. The predicted octanol–water partition coefficient (Wildman–Crippen LogP) is 1.67. The minimum Gasteiger partial charge on any atom is -0.378 e. The molecule has 1 aliphatic heterocycles. The molecule has 0 aliphatic carbocycles. The highest BCUT2D eigenvalue weighted by atomic mass is 16.5. The average Bonchev–Trinajstić information content (AvgIpc) is 2.68. The molecule has 1 heterocycles. The van der Waals surface area contributed by atoms with Crippen molar-refractivity contribution in [3.05, 3.63) is 54.1 Å². The largest absolute Gasteiger partial charge is 0.378 e. The summed E-state index contributed by atoms with van der Waals surface area (Å²) in [6.07, 6.45) is 0. The van der Waals surface area contributed by atoms with Crippen molar-refractivity contribution in [2.75, 3.05) is 48.4 Å². The first-order valence-corrected chi connectivity index (χ1v) is 8.48. The number of ether oxygens (including phenoxy) is 1. The van der Waals surface area contributed by atoms with E-state index in [0.29, 0.717) is 5.56 Å². The van der Waals surface area contributed by atoms with Crippen molar-refractivity contribution in [3.63, 3.8) is 0 Å². The second-order valence-corrected chi connectivity index (χ2v) is 5.99. The summed E-state index contributed by atoms with van der Waals surface area (Å²) in [7, 11) is 0. The van der Waals surface area contributed by atoms with Crippen LogP contribution in [0.2, 0.25) is 0 Å². The van der Waals surface area contributed by atoms with Crippen molar-refractivity contribution < 1.29 is 14.3 Å². The summed E-state index contributed by atoms with van der Waals surface area (Å²) in [6, 6.07) is 14.4. The van der Waals surface area contributed by atoms with E-state index in [0.717, 1.165) is 43.4 Å². The smallest absolute Gasteiger partial charge is 0.248 e. The third-order valence-electron chi connectivity index (χ3n) is 4.15. The number of hydrogen-bond donors (Lipinski definition) is 3. The van der Waals surface area contributed by atoms with Crippen LogP contribution in [-0.2, 0) is 9.53 Å². The van der Waals surface area contributed by atoms with Gasteiger partial charge in [-0.2, -0.15) is 0 Å². The number of amides is 2. The van der Waals surface area contributed by atoms with Gasteiger partial charge in [0.2, 0.25) is 11.8 Å². The number of nitrogens with two attached hydrogens (primary N) is 1. The first-order chi connectivity index (χ1) is 12.6. The molecule has 7 heteroatoms. The van der Waals surface area contributed by atoms with Gasteiger partial charge in [0.25, 0.3) is 0 Å². The number of morpholine rings is 1. The molecule has 0 saturated carbocycles. The molecule has 1 fully saturated rings. The fraction of sp³-hybridized carbons (Fsp3) is 0.263. The van der Waals surface area contributed by atoms with Gasteiger partial charge < -0.3 is 26.0 Å². The molecule has 0 unspecified atom stereocenters. The monoisotopic (exact) mass is 354 g/mol. The molecular formula is C19H22N4O3. The normalized spacial score (nSPS) is 13.9. The van der Waals surface area contributed by atoms with E-state index in [-0.39, 0.29) is 12.5 Å². The van der Waals surface area contributed by atoms with Crippen LogP contribution in [0.25, 0.3) is 0 Å². The molecule has 4 N–H and O–H groups in total. The number of hydrogen-bond acceptors (Lipinski definition) is 5. The Labute approximate surface area is 152 Å². The highest BCUT2D eigenvalue weighted by Gasteiger charge is 2.11. The molecule has 0 spiro atoms. The summed E-state index contributed by atoms with van der Waals surface area (Å²) >= 11 is 0. The molecule has 26 heavy (non-hydrogen) atoms. The maximum absolute atomic E-state index is 12.1. The van der Waals surface area contributed by atoms with Crippen LogP contribution in [-0.4, -0.2) is 44.7 Å². The Morgan fingerprint density at radius 3 is 2.19 bits per heavy atom. The highest BCUT2D eigenvalue weighted by molar-refractivity contribution is 5.94. The van der Waals surface area contributed by atoms with E-state index in [4.69, 9.17) is 10.5 Å². The van der Waals surface area contributed by atoms with Crippen LogP contribution in [0, 0.1) is 0 Å². The van der Waals surface area contributed by atoms with E-state index in [1.165, 1.54) is 0 Å². The highest BCUT2D eigenvalue weighted by Crippen LogP contribution is 2.19. The van der Waals surface area contributed by atoms with Gasteiger partial charge >= 0.3 is 0 Å². The van der Waals surface area contributed by atoms with Gasteiger partial charge in [0.05, 0.1) is 19.8 Å². The van der Waals surface area contributed by atoms with E-state index in [1.807, 2.05) is 24.3 Å². The van der Waals surface area contributed by atoms with Crippen LogP contribution in [0.5, 0.6) is 0 Å². The molecule has 1 saturated heterocycles. The van der Waals surface area contributed by atoms with Gasteiger partial charge in [-0.15, -0.1) is 0 Å². The van der Waals surface area contributed by atoms with Gasteiger partial charge in [-0.05, 0) is 48.5 Å². The Balaban J connectivity index is 1.49. The minimum absolute atomic E-state index is 0.126. The molecule has 0 aromatic heterocycles. The SMILES string of the molecule is NC(=O)c1ccc(NCC(=O)Nc2ccc(N3CCOCC3)cc2)cc1. The minimum atomic E-state index is -0.477. The Bertz CT molecular complexity index is 753. The van der Waals surface area contributed by atoms with Crippen LogP contribution < -0.4 is 21.3 Å². The fourth-order valence-electron chi connectivity index (χ4n) is 2.72. The Hall–Kier alpha value is -3.06. The molecule has 3 rings (SSSR count). The van der Waals surface area contributed by atoms with Crippen LogP contribution in [0.3, 0.4) is 0 Å². The number of rotatable bonds is 6. The molecular weight excluding hydrogens is 332 g/mol.